The summed E-state index contributed by atoms with van der Waals surface area (Å²) in [6, 6.07) is 40.7. The van der Waals surface area contributed by atoms with Crippen LogP contribution < -0.4 is 9.64 Å². The van der Waals surface area contributed by atoms with Crippen LogP contribution >= 0.6 is 0 Å². The summed E-state index contributed by atoms with van der Waals surface area (Å²) in [4.78, 5) is 18.4. The van der Waals surface area contributed by atoms with E-state index in [4.69, 9.17) is 19.7 Å². The number of hydrogen-bond donors (Lipinski definition) is 0. The molecule has 2 aliphatic heterocycles. The predicted octanol–water partition coefficient (Wildman–Crippen LogP) is 17.2. The highest BCUT2D eigenvalue weighted by Crippen LogP contribution is 2.50. The molecule has 0 fully saturated rings. The Bertz CT molecular complexity index is 3400. The van der Waals surface area contributed by atoms with Crippen LogP contribution in [0.1, 0.15) is 78.0 Å². The van der Waals surface area contributed by atoms with E-state index in [0.29, 0.717) is 12.6 Å². The zero-order valence-corrected chi connectivity index (χ0v) is 42.4. The lowest BCUT2D eigenvalue weighted by atomic mass is 9.72. The fourth-order valence-electron chi connectivity index (χ4n) is 10.1. The van der Waals surface area contributed by atoms with Gasteiger partial charge in [0.25, 0.3) is 0 Å². The molecular formula is C65H63N5O. The number of allylic oxidation sites excluding steroid dienone is 14. The van der Waals surface area contributed by atoms with Crippen molar-refractivity contribution in [3.63, 3.8) is 0 Å². The van der Waals surface area contributed by atoms with E-state index >= 15 is 0 Å². The molecule has 4 heterocycles. The number of aromatic nitrogens is 3. The van der Waals surface area contributed by atoms with Gasteiger partial charge in [0.05, 0.1) is 33.8 Å². The van der Waals surface area contributed by atoms with Gasteiger partial charge >= 0.3 is 0 Å². The first-order valence-corrected chi connectivity index (χ1v) is 25.1. The molecule has 0 atom stereocenters. The predicted molar refractivity (Wildman–Crippen MR) is 302 cm³/mol. The van der Waals surface area contributed by atoms with Gasteiger partial charge in [-0.15, -0.1) is 0 Å². The average Bonchev–Trinajstić information content (AvgIpc) is 3.63. The Hall–Kier alpha value is -8.09. The van der Waals surface area contributed by atoms with Crippen molar-refractivity contribution in [3.05, 3.63) is 234 Å². The second-order valence-electron chi connectivity index (χ2n) is 17.9. The Labute approximate surface area is 420 Å². The monoisotopic (exact) mass is 930 g/mol. The molecule has 0 amide bonds. The van der Waals surface area contributed by atoms with Crippen LogP contribution in [0.25, 0.3) is 55.8 Å². The summed E-state index contributed by atoms with van der Waals surface area (Å²) in [5.74, 6) is 1.32. The van der Waals surface area contributed by atoms with Gasteiger partial charge in [-0.05, 0) is 115 Å². The molecule has 0 spiro atoms. The summed E-state index contributed by atoms with van der Waals surface area (Å²) in [6.45, 7) is 21.3. The van der Waals surface area contributed by atoms with Gasteiger partial charge < -0.3 is 9.64 Å². The van der Waals surface area contributed by atoms with Crippen LogP contribution in [0.2, 0.25) is 0 Å². The molecule has 6 heteroatoms. The number of aryl methyl sites for hydroxylation is 1. The van der Waals surface area contributed by atoms with E-state index in [1.807, 2.05) is 65.0 Å². The summed E-state index contributed by atoms with van der Waals surface area (Å²) in [7, 11) is 0. The third-order valence-electron chi connectivity index (χ3n) is 13.4. The maximum atomic E-state index is 6.56. The van der Waals surface area contributed by atoms with E-state index in [0.717, 1.165) is 91.1 Å². The molecule has 0 bridgehead atoms. The summed E-state index contributed by atoms with van der Waals surface area (Å²) < 4.78 is 8.78. The zero-order chi connectivity index (χ0) is 49.6. The van der Waals surface area contributed by atoms with Crippen molar-refractivity contribution in [3.8, 4) is 34.2 Å². The molecule has 354 valence electrons. The van der Waals surface area contributed by atoms with Crippen molar-refractivity contribution in [2.45, 2.75) is 73.6 Å². The largest absolute Gasteiger partial charge is 0.485 e. The number of para-hydroxylation sites is 1. The first-order valence-electron chi connectivity index (χ1n) is 25.1. The number of rotatable bonds is 8. The Morgan fingerprint density at radius 3 is 2.14 bits per heavy atom. The van der Waals surface area contributed by atoms with Crippen LogP contribution in [0.5, 0.6) is 5.75 Å². The smallest absolute Gasteiger partial charge is 0.235 e. The Morgan fingerprint density at radius 1 is 0.761 bits per heavy atom. The van der Waals surface area contributed by atoms with Crippen molar-refractivity contribution < 1.29 is 4.74 Å². The molecule has 11 rings (SSSR count). The van der Waals surface area contributed by atoms with Crippen molar-refractivity contribution >= 4 is 44.5 Å². The highest BCUT2D eigenvalue weighted by atomic mass is 16.5. The maximum absolute atomic E-state index is 6.56. The van der Waals surface area contributed by atoms with E-state index in [9.17, 15) is 0 Å². The molecule has 7 aromatic rings. The highest BCUT2D eigenvalue weighted by Gasteiger charge is 2.38. The van der Waals surface area contributed by atoms with Crippen LogP contribution in [-0.4, -0.2) is 26.9 Å². The van der Waals surface area contributed by atoms with Gasteiger partial charge in [0, 0.05) is 38.7 Å². The fourth-order valence-corrected chi connectivity index (χ4v) is 10.1. The summed E-state index contributed by atoms with van der Waals surface area (Å²) in [6.07, 6.45) is 27.8. The second-order valence-corrected chi connectivity index (χ2v) is 17.9. The summed E-state index contributed by atoms with van der Waals surface area (Å²) in [5.41, 5.74) is 17.9. The number of benzene rings is 5. The molecule has 2 aromatic heterocycles. The number of ether oxygens (including phenoxy) is 1. The Balaban J connectivity index is 0.00000152. The third-order valence-corrected chi connectivity index (χ3v) is 13.4. The molecule has 6 nitrogen and oxygen atoms in total. The van der Waals surface area contributed by atoms with E-state index < -0.39 is 0 Å². The lowest BCUT2D eigenvalue weighted by Crippen LogP contribution is -2.35. The minimum atomic E-state index is -0.181. The van der Waals surface area contributed by atoms with Gasteiger partial charge in [-0.1, -0.05) is 182 Å². The normalized spacial score (nSPS) is 15.7. The third kappa shape index (κ3) is 9.03. The fraction of sp³-hybridized carbons (Fsp3) is 0.185. The molecule has 5 aromatic carbocycles. The van der Waals surface area contributed by atoms with E-state index in [1.165, 1.54) is 33.7 Å². The molecule has 0 saturated carbocycles. The lowest BCUT2D eigenvalue weighted by molar-refractivity contribution is 0.373. The topological polar surface area (TPSA) is 55.5 Å². The number of anilines is 1. The molecular weight excluding hydrogens is 867 g/mol. The van der Waals surface area contributed by atoms with Crippen molar-refractivity contribution in [1.29, 1.82) is 0 Å². The van der Waals surface area contributed by atoms with Gasteiger partial charge in [0.1, 0.15) is 18.0 Å². The van der Waals surface area contributed by atoms with Gasteiger partial charge in [0.15, 0.2) is 0 Å². The minimum absolute atomic E-state index is 0.181. The van der Waals surface area contributed by atoms with Crippen LogP contribution in [0.3, 0.4) is 0 Å². The number of hydrogen-bond acceptors (Lipinski definition) is 5. The number of fused-ring (bicyclic) bond motifs is 5. The first-order chi connectivity index (χ1) is 34.8. The molecule has 0 N–H and O–H groups in total. The van der Waals surface area contributed by atoms with E-state index in [1.54, 1.807) is 6.08 Å². The quantitative estimate of drug-likeness (QED) is 0.143. The Morgan fingerprint density at radius 2 is 1.44 bits per heavy atom. The van der Waals surface area contributed by atoms with Crippen LogP contribution in [0.4, 0.5) is 11.4 Å². The molecule has 0 saturated heterocycles. The van der Waals surface area contributed by atoms with Gasteiger partial charge in [0.2, 0.25) is 5.95 Å². The van der Waals surface area contributed by atoms with Crippen molar-refractivity contribution in [1.82, 2.24) is 14.5 Å². The molecule has 0 radical (unpaired) electrons. The maximum Gasteiger partial charge on any atom is 0.235 e. The summed E-state index contributed by atoms with van der Waals surface area (Å²) >= 11 is 0. The molecule has 2 aliphatic carbocycles. The Kier molecular flexibility index (Phi) is 14.1. The van der Waals surface area contributed by atoms with Crippen LogP contribution in [0.15, 0.2) is 222 Å². The molecule has 0 unspecified atom stereocenters. The van der Waals surface area contributed by atoms with Gasteiger partial charge in [-0.25, -0.2) is 15.0 Å². The average molecular weight is 930 g/mol. The van der Waals surface area contributed by atoms with Crippen LogP contribution in [0, 0.1) is 6.92 Å². The number of nitrogens with zero attached hydrogens (tertiary/aromatic N) is 5. The highest BCUT2D eigenvalue weighted by molar-refractivity contribution is 6.13. The molecule has 4 aliphatic rings. The summed E-state index contributed by atoms with van der Waals surface area (Å²) in [5, 5.41) is 2.12. The SMILES string of the molecule is C=C/C=C(\C=C/C)C1=Nc2cc3c(cc2OC1)c1cc(C2=CCC4=C(C=C2)N(C2=CC=CCC=C2)c2ccccc2C4(C)C)c(C)cc1n3-c1nc(-c2ccccc2)cc(-c2ccccc2)n1.CC.CC. The lowest BCUT2D eigenvalue weighted by Gasteiger charge is -2.43. The molecule has 71 heavy (non-hydrogen) atoms. The minimum Gasteiger partial charge on any atom is -0.485 e. The second kappa shape index (κ2) is 20.9. The van der Waals surface area contributed by atoms with Crippen molar-refractivity contribution in [2.75, 3.05) is 11.5 Å². The van der Waals surface area contributed by atoms with Crippen LogP contribution in [-0.2, 0) is 5.41 Å². The number of aliphatic imine (C=N–C) groups is 1. The first kappa shape index (κ1) is 48.0. The van der Waals surface area contributed by atoms with Gasteiger partial charge in [-0.2, -0.15) is 0 Å². The van der Waals surface area contributed by atoms with E-state index in [-0.39, 0.29) is 5.41 Å². The van der Waals surface area contributed by atoms with Gasteiger partial charge in [-0.3, -0.25) is 4.57 Å². The standard InChI is InChI=1S/C61H51N5O.2C2H6/c1-6-20-42(21-7-2)54-39-67-59-36-48-47-35-46(41-30-32-50-56(33-31-41)65(45-26-16-8-9-17-27-45)55-29-19-18-28-49(55)61(50,4)5)40(3)34-57(47)66(58(48)38-53(59)62-54)60-63-51(43-22-12-10-13-23-43)37-52(64-60)44-24-14-11-15-25-44;2*1-2/h6-8,10-31,33-38H,1,9,32,39H2,2-5H3;2*1-2H3/b21-7-,42-20+;;. The van der Waals surface area contributed by atoms with Crippen molar-refractivity contribution in [2.24, 2.45) is 4.99 Å². The van der Waals surface area contributed by atoms with E-state index in [2.05, 4.69) is 189 Å². The zero-order valence-electron chi connectivity index (χ0n) is 42.4.